The SMILES string of the molecule is Cc1ccc(C(=O)[C@@H](C#N)C(=O)N2CCCC2)s1. The highest BCUT2D eigenvalue weighted by atomic mass is 32.1. The third-order valence-electron chi connectivity index (χ3n) is 3.04. The van der Waals surface area contributed by atoms with E-state index in [1.54, 1.807) is 11.0 Å². The van der Waals surface area contributed by atoms with E-state index < -0.39 is 5.92 Å². The van der Waals surface area contributed by atoms with Crippen LogP contribution in [0.5, 0.6) is 0 Å². The largest absolute Gasteiger partial charge is 0.341 e. The van der Waals surface area contributed by atoms with Gasteiger partial charge in [-0.1, -0.05) is 0 Å². The molecule has 1 amide bonds. The van der Waals surface area contributed by atoms with E-state index in [9.17, 15) is 9.59 Å². The number of Topliss-reactive ketones (excluding diaryl/α,β-unsaturated/α-hetero) is 1. The van der Waals surface area contributed by atoms with E-state index in [0.29, 0.717) is 18.0 Å². The number of carbonyl (C=O) groups is 2. The highest BCUT2D eigenvalue weighted by Gasteiger charge is 2.33. The van der Waals surface area contributed by atoms with Crippen LogP contribution in [0.25, 0.3) is 0 Å². The van der Waals surface area contributed by atoms with Gasteiger partial charge in [0.25, 0.3) is 0 Å². The molecule has 1 saturated heterocycles. The molecule has 1 aromatic heterocycles. The molecule has 0 spiro atoms. The topological polar surface area (TPSA) is 61.2 Å². The fourth-order valence-electron chi connectivity index (χ4n) is 2.06. The maximum Gasteiger partial charge on any atom is 0.247 e. The van der Waals surface area contributed by atoms with Crippen molar-refractivity contribution in [2.45, 2.75) is 19.8 Å². The summed E-state index contributed by atoms with van der Waals surface area (Å²) < 4.78 is 0. The number of carbonyl (C=O) groups excluding carboxylic acids is 2. The van der Waals surface area contributed by atoms with Crippen molar-refractivity contribution in [1.29, 1.82) is 5.26 Å². The second kappa shape index (κ2) is 5.32. The Hall–Kier alpha value is -1.67. The molecule has 18 heavy (non-hydrogen) atoms. The minimum Gasteiger partial charge on any atom is -0.341 e. The van der Waals surface area contributed by atoms with Gasteiger partial charge in [-0.3, -0.25) is 9.59 Å². The smallest absolute Gasteiger partial charge is 0.247 e. The molecule has 1 aromatic rings. The zero-order valence-corrected chi connectivity index (χ0v) is 11.0. The zero-order chi connectivity index (χ0) is 13.1. The number of likely N-dealkylation sites (tertiary alicyclic amines) is 1. The Morgan fingerprint density at radius 2 is 2.06 bits per heavy atom. The van der Waals surface area contributed by atoms with Crippen molar-refractivity contribution in [2.24, 2.45) is 5.92 Å². The molecule has 2 heterocycles. The molecule has 0 N–H and O–H groups in total. The van der Waals surface area contributed by atoms with Crippen LogP contribution in [0.3, 0.4) is 0 Å². The van der Waals surface area contributed by atoms with E-state index in [1.807, 2.05) is 19.1 Å². The number of nitrogens with zero attached hydrogens (tertiary/aromatic N) is 2. The first-order valence-electron chi connectivity index (χ1n) is 5.92. The summed E-state index contributed by atoms with van der Waals surface area (Å²) in [6.45, 7) is 3.21. The molecule has 1 aliphatic rings. The Labute approximate surface area is 110 Å². The van der Waals surface area contributed by atoms with Crippen molar-refractivity contribution in [3.63, 3.8) is 0 Å². The molecule has 0 unspecified atom stereocenters. The molecule has 0 radical (unpaired) electrons. The first kappa shape index (κ1) is 12.8. The van der Waals surface area contributed by atoms with Gasteiger partial charge in [0.1, 0.15) is 0 Å². The molecule has 1 fully saturated rings. The minimum absolute atomic E-state index is 0.342. The standard InChI is InChI=1S/C13H14N2O2S/c1-9-4-5-11(18-9)12(16)10(8-14)13(17)15-6-2-3-7-15/h4-5,10H,2-3,6-7H2,1H3/t10-/m1/s1. The Morgan fingerprint density at radius 3 is 2.56 bits per heavy atom. The Balaban J connectivity index is 2.16. The van der Waals surface area contributed by atoms with Crippen molar-refractivity contribution in [2.75, 3.05) is 13.1 Å². The molecule has 0 aromatic carbocycles. The minimum atomic E-state index is -1.18. The number of rotatable bonds is 3. The summed E-state index contributed by atoms with van der Waals surface area (Å²) in [6, 6.07) is 5.36. The predicted molar refractivity (Wildman–Crippen MR) is 68.3 cm³/mol. The van der Waals surface area contributed by atoms with E-state index >= 15 is 0 Å². The van der Waals surface area contributed by atoms with E-state index in [4.69, 9.17) is 5.26 Å². The Morgan fingerprint density at radius 1 is 1.39 bits per heavy atom. The van der Waals surface area contributed by atoms with Crippen molar-refractivity contribution >= 4 is 23.0 Å². The van der Waals surface area contributed by atoms with Crippen molar-refractivity contribution < 1.29 is 9.59 Å². The third-order valence-corrected chi connectivity index (χ3v) is 4.05. The van der Waals surface area contributed by atoms with Gasteiger partial charge in [-0.15, -0.1) is 11.3 Å². The van der Waals surface area contributed by atoms with Crippen LogP contribution in [0.1, 0.15) is 27.4 Å². The maximum absolute atomic E-state index is 12.1. The number of aryl methyl sites for hydroxylation is 1. The normalized spacial score (nSPS) is 16.3. The molecule has 0 bridgehead atoms. The van der Waals surface area contributed by atoms with Crippen molar-refractivity contribution in [1.82, 2.24) is 4.90 Å². The van der Waals surface area contributed by atoms with E-state index in [0.717, 1.165) is 17.7 Å². The monoisotopic (exact) mass is 262 g/mol. The highest BCUT2D eigenvalue weighted by molar-refractivity contribution is 7.14. The second-order valence-corrected chi connectivity index (χ2v) is 5.66. The molecule has 1 atom stereocenters. The predicted octanol–water partition coefficient (Wildman–Crippen LogP) is 2.00. The van der Waals surface area contributed by atoms with Gasteiger partial charge in [-0.05, 0) is 31.9 Å². The van der Waals surface area contributed by atoms with Gasteiger partial charge in [-0.25, -0.2) is 0 Å². The van der Waals surface area contributed by atoms with Crippen molar-refractivity contribution in [3.8, 4) is 6.07 Å². The average Bonchev–Trinajstić information content (AvgIpc) is 3.00. The van der Waals surface area contributed by atoms with Crippen LogP contribution in [-0.4, -0.2) is 29.7 Å². The zero-order valence-electron chi connectivity index (χ0n) is 10.2. The second-order valence-electron chi connectivity index (χ2n) is 4.37. The fourth-order valence-corrected chi connectivity index (χ4v) is 2.89. The lowest BCUT2D eigenvalue weighted by Crippen LogP contribution is -2.36. The summed E-state index contributed by atoms with van der Waals surface area (Å²) in [6.07, 6.45) is 1.91. The number of amides is 1. The maximum atomic E-state index is 12.1. The molecule has 0 saturated carbocycles. The van der Waals surface area contributed by atoms with Gasteiger partial charge in [0.05, 0.1) is 10.9 Å². The highest BCUT2D eigenvalue weighted by Crippen LogP contribution is 2.21. The summed E-state index contributed by atoms with van der Waals surface area (Å²) in [5.41, 5.74) is 0. The van der Waals surface area contributed by atoms with Crippen LogP contribution in [0, 0.1) is 24.2 Å². The number of hydrogen-bond acceptors (Lipinski definition) is 4. The number of ketones is 1. The number of hydrogen-bond donors (Lipinski definition) is 0. The molecule has 2 rings (SSSR count). The lowest BCUT2D eigenvalue weighted by Gasteiger charge is -2.17. The summed E-state index contributed by atoms with van der Waals surface area (Å²) in [4.78, 5) is 27.3. The molecule has 0 aliphatic carbocycles. The van der Waals surface area contributed by atoms with Crippen LogP contribution >= 0.6 is 11.3 Å². The molecule has 5 heteroatoms. The first-order chi connectivity index (χ1) is 8.63. The lowest BCUT2D eigenvalue weighted by atomic mass is 10.0. The van der Waals surface area contributed by atoms with Crippen LogP contribution in [0.2, 0.25) is 0 Å². The van der Waals surface area contributed by atoms with Crippen LogP contribution in [0.15, 0.2) is 12.1 Å². The lowest BCUT2D eigenvalue weighted by molar-refractivity contribution is -0.131. The van der Waals surface area contributed by atoms with Crippen LogP contribution in [-0.2, 0) is 4.79 Å². The van der Waals surface area contributed by atoms with Crippen LogP contribution in [0.4, 0.5) is 0 Å². The summed E-state index contributed by atoms with van der Waals surface area (Å²) in [5, 5.41) is 9.08. The number of nitriles is 1. The van der Waals surface area contributed by atoms with Gasteiger partial charge >= 0.3 is 0 Å². The molecular formula is C13H14N2O2S. The molecule has 4 nitrogen and oxygen atoms in total. The van der Waals surface area contributed by atoms with Crippen LogP contribution < -0.4 is 0 Å². The van der Waals surface area contributed by atoms with Gasteiger partial charge < -0.3 is 4.90 Å². The Bertz CT molecular complexity index is 509. The number of thiophene rings is 1. The van der Waals surface area contributed by atoms with E-state index in [-0.39, 0.29) is 11.7 Å². The molecule has 94 valence electrons. The van der Waals surface area contributed by atoms with Gasteiger partial charge in [0, 0.05) is 18.0 Å². The van der Waals surface area contributed by atoms with Gasteiger partial charge in [0.2, 0.25) is 5.91 Å². The quantitative estimate of drug-likeness (QED) is 0.618. The summed E-state index contributed by atoms with van der Waals surface area (Å²) in [5.74, 6) is -1.89. The summed E-state index contributed by atoms with van der Waals surface area (Å²) in [7, 11) is 0. The van der Waals surface area contributed by atoms with E-state index in [1.165, 1.54) is 11.3 Å². The molecule has 1 aliphatic heterocycles. The van der Waals surface area contributed by atoms with Crippen molar-refractivity contribution in [3.05, 3.63) is 21.9 Å². The fraction of sp³-hybridized carbons (Fsp3) is 0.462. The van der Waals surface area contributed by atoms with Gasteiger partial charge in [0.15, 0.2) is 11.7 Å². The Kier molecular flexibility index (Phi) is 3.78. The molecular weight excluding hydrogens is 248 g/mol. The van der Waals surface area contributed by atoms with Gasteiger partial charge in [-0.2, -0.15) is 5.26 Å². The first-order valence-corrected chi connectivity index (χ1v) is 6.74. The average molecular weight is 262 g/mol. The summed E-state index contributed by atoms with van der Waals surface area (Å²) >= 11 is 1.33. The third kappa shape index (κ3) is 2.44. The van der Waals surface area contributed by atoms with E-state index in [2.05, 4.69) is 0 Å².